The van der Waals surface area contributed by atoms with Crippen LogP contribution in [0.5, 0.6) is 0 Å². The molecule has 27 heavy (non-hydrogen) atoms. The van der Waals surface area contributed by atoms with E-state index in [9.17, 15) is 14.7 Å². The summed E-state index contributed by atoms with van der Waals surface area (Å²) in [6.45, 7) is 13.1. The van der Waals surface area contributed by atoms with E-state index in [2.05, 4.69) is 13.2 Å². The number of hydrogen-bond donors (Lipinski definition) is 1. The standard InChI is InChI=1S/C20H24O7/c1-6-8(2)18(22)24-11-7-20(5)17(27-20)16-14(25-16)10(4)13(21)15-12(11)9(3)19(23)26-15/h6,11-17,21H,3-4,7H2,1-2,5H3/b8-6-/t11-,12+,13+,14-,15-,16-,17+,20+/m0/s1. The van der Waals surface area contributed by atoms with Crippen molar-refractivity contribution >= 4 is 11.9 Å². The second-order valence-corrected chi connectivity index (χ2v) is 7.93. The van der Waals surface area contributed by atoms with Crippen LogP contribution < -0.4 is 0 Å². The Balaban J connectivity index is 1.70. The molecule has 0 aromatic heterocycles. The molecule has 8 atom stereocenters. The van der Waals surface area contributed by atoms with Gasteiger partial charge in [0.15, 0.2) is 0 Å². The van der Waals surface area contributed by atoms with Crippen LogP contribution in [0, 0.1) is 5.92 Å². The molecule has 0 bridgehead atoms. The maximum Gasteiger partial charge on any atom is 0.334 e. The third kappa shape index (κ3) is 2.85. The van der Waals surface area contributed by atoms with E-state index in [1.54, 1.807) is 19.9 Å². The Morgan fingerprint density at radius 1 is 1.37 bits per heavy atom. The van der Waals surface area contributed by atoms with E-state index < -0.39 is 41.8 Å². The summed E-state index contributed by atoms with van der Waals surface area (Å²) in [5.41, 5.74) is 0.519. The summed E-state index contributed by atoms with van der Waals surface area (Å²) in [5.74, 6) is -1.78. The first kappa shape index (κ1) is 18.4. The van der Waals surface area contributed by atoms with Crippen molar-refractivity contribution in [2.75, 3.05) is 0 Å². The molecule has 7 nitrogen and oxygen atoms in total. The Kier molecular flexibility index (Phi) is 4.10. The van der Waals surface area contributed by atoms with E-state index in [0.717, 1.165) is 0 Å². The SMILES string of the molecule is C=C1C(=O)O[C@H]2[C@H]1[C@@H](OC(=O)/C(C)=C\C)C[C@@]1(C)O[C@@H]1[C@H]1O[C@H]1C(=C)[C@H]2O. The molecule has 0 unspecified atom stereocenters. The lowest BCUT2D eigenvalue weighted by atomic mass is 9.79. The maximum absolute atomic E-state index is 12.4. The molecule has 146 valence electrons. The lowest BCUT2D eigenvalue weighted by Crippen LogP contribution is -2.44. The number of rotatable bonds is 2. The Morgan fingerprint density at radius 3 is 2.74 bits per heavy atom. The van der Waals surface area contributed by atoms with E-state index in [0.29, 0.717) is 17.6 Å². The molecule has 3 heterocycles. The normalized spacial score (nSPS) is 46.0. The van der Waals surface area contributed by atoms with Gasteiger partial charge >= 0.3 is 11.9 Å². The van der Waals surface area contributed by atoms with Crippen molar-refractivity contribution in [2.24, 2.45) is 5.92 Å². The van der Waals surface area contributed by atoms with Crippen LogP contribution in [-0.4, -0.2) is 59.3 Å². The van der Waals surface area contributed by atoms with Crippen LogP contribution in [0.4, 0.5) is 0 Å². The van der Waals surface area contributed by atoms with Gasteiger partial charge in [0.05, 0.1) is 11.5 Å². The molecule has 0 amide bonds. The summed E-state index contributed by atoms with van der Waals surface area (Å²) >= 11 is 0. The number of carbonyl (C=O) groups is 2. The predicted octanol–water partition coefficient (Wildman–Crippen LogP) is 1.21. The number of aliphatic hydroxyl groups excluding tert-OH is 1. The first-order chi connectivity index (χ1) is 12.7. The second-order valence-electron chi connectivity index (χ2n) is 7.93. The van der Waals surface area contributed by atoms with Crippen LogP contribution in [0.2, 0.25) is 0 Å². The number of allylic oxidation sites excluding steroid dienone is 1. The van der Waals surface area contributed by atoms with E-state index in [-0.39, 0.29) is 23.9 Å². The molecule has 1 aliphatic carbocycles. The highest BCUT2D eigenvalue weighted by Gasteiger charge is 2.68. The van der Waals surface area contributed by atoms with Crippen LogP contribution in [-0.2, 0) is 28.5 Å². The van der Waals surface area contributed by atoms with Crippen molar-refractivity contribution in [1.82, 2.24) is 0 Å². The van der Waals surface area contributed by atoms with Crippen molar-refractivity contribution in [3.63, 3.8) is 0 Å². The molecule has 0 spiro atoms. The van der Waals surface area contributed by atoms with Gasteiger partial charge in [0, 0.05) is 17.6 Å². The molecule has 0 radical (unpaired) electrons. The molecule has 1 N–H and O–H groups in total. The minimum absolute atomic E-state index is 0.168. The maximum atomic E-state index is 12.4. The van der Waals surface area contributed by atoms with Crippen LogP contribution >= 0.6 is 0 Å². The van der Waals surface area contributed by atoms with Gasteiger partial charge in [-0.25, -0.2) is 9.59 Å². The number of fused-ring (bicyclic) bond motifs is 4. The topological polar surface area (TPSA) is 97.9 Å². The smallest absolute Gasteiger partial charge is 0.334 e. The number of hydrogen-bond acceptors (Lipinski definition) is 7. The first-order valence-corrected chi connectivity index (χ1v) is 9.11. The molecule has 4 rings (SSSR count). The molecule has 0 aromatic rings. The van der Waals surface area contributed by atoms with Gasteiger partial charge in [-0.2, -0.15) is 0 Å². The molecular weight excluding hydrogens is 352 g/mol. The third-order valence-corrected chi connectivity index (χ3v) is 6.10. The predicted molar refractivity (Wildman–Crippen MR) is 93.5 cm³/mol. The van der Waals surface area contributed by atoms with Gasteiger partial charge in [-0.3, -0.25) is 0 Å². The summed E-state index contributed by atoms with van der Waals surface area (Å²) in [5, 5.41) is 10.8. The van der Waals surface area contributed by atoms with Gasteiger partial charge in [-0.1, -0.05) is 19.2 Å². The summed E-state index contributed by atoms with van der Waals surface area (Å²) in [4.78, 5) is 24.6. The fourth-order valence-corrected chi connectivity index (χ4v) is 4.16. The lowest BCUT2D eigenvalue weighted by molar-refractivity contribution is -0.151. The van der Waals surface area contributed by atoms with Gasteiger partial charge in [0.2, 0.25) is 0 Å². The van der Waals surface area contributed by atoms with Crippen LogP contribution in [0.15, 0.2) is 36.0 Å². The van der Waals surface area contributed by atoms with Crippen molar-refractivity contribution in [2.45, 2.75) is 69.4 Å². The third-order valence-electron chi connectivity index (χ3n) is 6.10. The molecule has 7 heteroatoms. The minimum Gasteiger partial charge on any atom is -0.458 e. The minimum atomic E-state index is -1.14. The van der Waals surface area contributed by atoms with Gasteiger partial charge < -0.3 is 24.1 Å². The second kappa shape index (κ2) is 6.02. The number of epoxide rings is 2. The summed E-state index contributed by atoms with van der Waals surface area (Å²) < 4.78 is 22.7. The van der Waals surface area contributed by atoms with E-state index >= 15 is 0 Å². The average molecular weight is 376 g/mol. The number of carbonyl (C=O) groups excluding carboxylic acids is 2. The van der Waals surface area contributed by atoms with Crippen LogP contribution in [0.25, 0.3) is 0 Å². The molecule has 3 aliphatic heterocycles. The Bertz CT molecular complexity index is 768. The molecule has 0 aromatic carbocycles. The van der Waals surface area contributed by atoms with Gasteiger partial charge in [0.1, 0.15) is 36.6 Å². The zero-order valence-electron chi connectivity index (χ0n) is 15.6. The highest BCUT2D eigenvalue weighted by molar-refractivity contribution is 5.91. The highest BCUT2D eigenvalue weighted by atomic mass is 16.7. The fraction of sp³-hybridized carbons (Fsp3) is 0.600. The number of aliphatic hydroxyl groups is 1. The Labute approximate surface area is 157 Å². The summed E-state index contributed by atoms with van der Waals surface area (Å²) in [7, 11) is 0. The van der Waals surface area contributed by atoms with Crippen LogP contribution in [0.3, 0.4) is 0 Å². The quantitative estimate of drug-likeness (QED) is 0.335. The van der Waals surface area contributed by atoms with Crippen molar-refractivity contribution < 1.29 is 33.6 Å². The highest BCUT2D eigenvalue weighted by Crippen LogP contribution is 2.54. The lowest BCUT2D eigenvalue weighted by Gasteiger charge is -2.31. The molecule has 1 saturated carbocycles. The zero-order valence-corrected chi connectivity index (χ0v) is 15.6. The average Bonchev–Trinajstić information content (AvgIpc) is 3.51. The first-order valence-electron chi connectivity index (χ1n) is 9.11. The van der Waals surface area contributed by atoms with Crippen molar-refractivity contribution in [3.8, 4) is 0 Å². The van der Waals surface area contributed by atoms with Crippen molar-refractivity contribution in [3.05, 3.63) is 36.0 Å². The van der Waals surface area contributed by atoms with Crippen LogP contribution in [0.1, 0.15) is 27.2 Å². The largest absolute Gasteiger partial charge is 0.458 e. The summed E-state index contributed by atoms with van der Waals surface area (Å²) in [6.07, 6.45) is -1.48. The molecular formula is C20H24O7. The zero-order chi connectivity index (χ0) is 19.7. The fourth-order valence-electron chi connectivity index (χ4n) is 4.16. The van der Waals surface area contributed by atoms with Gasteiger partial charge in [0.25, 0.3) is 0 Å². The molecule has 4 aliphatic rings. The van der Waals surface area contributed by atoms with E-state index in [1.807, 2.05) is 6.92 Å². The number of ether oxygens (including phenoxy) is 4. The van der Waals surface area contributed by atoms with E-state index in [4.69, 9.17) is 18.9 Å². The Morgan fingerprint density at radius 2 is 2.07 bits per heavy atom. The molecule has 3 saturated heterocycles. The number of esters is 2. The molecule has 4 fully saturated rings. The van der Waals surface area contributed by atoms with Gasteiger partial charge in [-0.15, -0.1) is 0 Å². The Hall–Kier alpha value is -1.96. The van der Waals surface area contributed by atoms with Gasteiger partial charge in [-0.05, 0) is 26.3 Å². The monoisotopic (exact) mass is 376 g/mol. The summed E-state index contributed by atoms with van der Waals surface area (Å²) in [6, 6.07) is 0. The van der Waals surface area contributed by atoms with Crippen molar-refractivity contribution in [1.29, 1.82) is 0 Å². The van der Waals surface area contributed by atoms with E-state index in [1.165, 1.54) is 0 Å².